The van der Waals surface area contributed by atoms with Crippen molar-refractivity contribution in [1.29, 1.82) is 0 Å². The van der Waals surface area contributed by atoms with Gasteiger partial charge in [0.15, 0.2) is 0 Å². The number of rotatable bonds is 6. The summed E-state index contributed by atoms with van der Waals surface area (Å²) >= 11 is 1.48. The molecule has 2 heterocycles. The third kappa shape index (κ3) is 5.39. The van der Waals surface area contributed by atoms with Gasteiger partial charge >= 0.3 is 0 Å². The van der Waals surface area contributed by atoms with Crippen LogP contribution in [-0.4, -0.2) is 46.4 Å². The normalized spacial score (nSPS) is 17.0. The maximum Gasteiger partial charge on any atom is 0.254 e. The number of hydrogen-bond acceptors (Lipinski definition) is 5. The number of nitrogens with zero attached hydrogens (tertiary/aromatic N) is 3. The summed E-state index contributed by atoms with van der Waals surface area (Å²) in [5, 5.41) is 1.43. The van der Waals surface area contributed by atoms with E-state index in [1.165, 1.54) is 24.1 Å². The second-order valence-corrected chi connectivity index (χ2v) is 11.0. The number of halogens is 2. The number of fused-ring (bicyclic) bond motifs is 1. The molecule has 1 amide bonds. The molecular formula is C29H29F2N4OPS. The molecule has 5 rings (SSSR count). The highest BCUT2D eigenvalue weighted by atomic mass is 32.2. The summed E-state index contributed by atoms with van der Waals surface area (Å²) in [5.74, 6) is -1.13. The zero-order valence-corrected chi connectivity index (χ0v) is 23.2. The minimum atomic E-state index is -0.545. The fourth-order valence-electron chi connectivity index (χ4n) is 4.91. The van der Waals surface area contributed by atoms with Crippen LogP contribution in [0.1, 0.15) is 35.8 Å². The molecule has 3 atom stereocenters. The van der Waals surface area contributed by atoms with Gasteiger partial charge in [0, 0.05) is 65.4 Å². The van der Waals surface area contributed by atoms with Crippen LogP contribution >= 0.6 is 21.2 Å². The number of aromatic nitrogens is 1. The van der Waals surface area contributed by atoms with E-state index in [-0.39, 0.29) is 17.5 Å². The monoisotopic (exact) mass is 550 g/mol. The Morgan fingerprint density at radius 2 is 1.84 bits per heavy atom. The maximum absolute atomic E-state index is 14.7. The molecule has 1 aromatic heterocycles. The summed E-state index contributed by atoms with van der Waals surface area (Å²) in [6, 6.07) is 19.6. The Morgan fingerprint density at radius 3 is 2.61 bits per heavy atom. The second-order valence-electron chi connectivity index (χ2n) is 9.50. The van der Waals surface area contributed by atoms with Gasteiger partial charge in [-0.15, -0.1) is 9.24 Å². The van der Waals surface area contributed by atoms with E-state index in [1.54, 1.807) is 6.20 Å². The van der Waals surface area contributed by atoms with Crippen molar-refractivity contribution in [3.63, 3.8) is 0 Å². The molecule has 0 radical (unpaired) electrons. The number of pyridine rings is 1. The van der Waals surface area contributed by atoms with E-state index in [1.807, 2.05) is 78.2 Å². The quantitative estimate of drug-likeness (QED) is 0.234. The van der Waals surface area contributed by atoms with E-state index >= 15 is 0 Å². The SMILES string of the molecule is CC(c1c(F)ccc(P)c1F)N1CCN(C(=O)c2ccc(NSc3cccc4cccnc34)cc2)[C@@H](C)C1. The minimum Gasteiger partial charge on any atom is -0.333 e. The fraction of sp³-hybridized carbons (Fsp3) is 0.241. The van der Waals surface area contributed by atoms with E-state index in [9.17, 15) is 13.6 Å². The molecule has 0 saturated carbocycles. The topological polar surface area (TPSA) is 48.5 Å². The molecule has 196 valence electrons. The van der Waals surface area contributed by atoms with E-state index in [2.05, 4.69) is 18.9 Å². The van der Waals surface area contributed by atoms with Crippen LogP contribution in [0, 0.1) is 11.6 Å². The van der Waals surface area contributed by atoms with Crippen LogP contribution in [0.25, 0.3) is 10.9 Å². The molecule has 0 bridgehead atoms. The molecule has 1 aliphatic rings. The highest BCUT2D eigenvalue weighted by Crippen LogP contribution is 2.30. The van der Waals surface area contributed by atoms with Crippen LogP contribution in [0.5, 0.6) is 0 Å². The van der Waals surface area contributed by atoms with Crippen molar-refractivity contribution in [1.82, 2.24) is 14.8 Å². The molecule has 0 spiro atoms. The van der Waals surface area contributed by atoms with Gasteiger partial charge in [0.1, 0.15) is 11.6 Å². The Hall–Kier alpha value is -3.06. The van der Waals surface area contributed by atoms with Crippen LogP contribution in [0.15, 0.2) is 77.8 Å². The molecule has 38 heavy (non-hydrogen) atoms. The number of carbonyl (C=O) groups is 1. The predicted octanol–water partition coefficient (Wildman–Crippen LogP) is 6.04. The highest BCUT2D eigenvalue weighted by Gasteiger charge is 2.32. The average Bonchev–Trinajstić information content (AvgIpc) is 2.94. The van der Waals surface area contributed by atoms with E-state index < -0.39 is 17.7 Å². The smallest absolute Gasteiger partial charge is 0.254 e. The van der Waals surface area contributed by atoms with E-state index in [0.29, 0.717) is 30.5 Å². The summed E-state index contributed by atoms with van der Waals surface area (Å²) in [6.07, 6.45) is 1.78. The summed E-state index contributed by atoms with van der Waals surface area (Å²) in [5.41, 5.74) is 2.50. The number of benzene rings is 3. The number of hydrogen-bond donors (Lipinski definition) is 1. The zero-order valence-electron chi connectivity index (χ0n) is 21.2. The first-order valence-corrected chi connectivity index (χ1v) is 13.9. The van der Waals surface area contributed by atoms with Gasteiger partial charge in [-0.3, -0.25) is 14.7 Å². The number of carbonyl (C=O) groups excluding carboxylic acids is 1. The van der Waals surface area contributed by atoms with Gasteiger partial charge in [-0.25, -0.2) is 8.78 Å². The van der Waals surface area contributed by atoms with Crippen LogP contribution in [0.4, 0.5) is 14.5 Å². The van der Waals surface area contributed by atoms with Crippen LogP contribution in [0.2, 0.25) is 0 Å². The number of nitrogens with one attached hydrogen (secondary N) is 1. The Labute approximate surface area is 228 Å². The van der Waals surface area contributed by atoms with Crippen molar-refractivity contribution in [3.05, 3.63) is 95.7 Å². The van der Waals surface area contributed by atoms with Crippen LogP contribution in [-0.2, 0) is 0 Å². The lowest BCUT2D eigenvalue weighted by Crippen LogP contribution is -2.54. The van der Waals surface area contributed by atoms with Gasteiger partial charge in [0.25, 0.3) is 5.91 Å². The van der Waals surface area contributed by atoms with Crippen molar-refractivity contribution in [3.8, 4) is 0 Å². The summed E-state index contributed by atoms with van der Waals surface area (Å²) < 4.78 is 32.5. The lowest BCUT2D eigenvalue weighted by atomic mass is 10.0. The third-order valence-corrected chi connectivity index (χ3v) is 8.38. The molecule has 4 aromatic rings. The van der Waals surface area contributed by atoms with Gasteiger partial charge < -0.3 is 9.62 Å². The van der Waals surface area contributed by atoms with E-state index in [4.69, 9.17) is 0 Å². The van der Waals surface area contributed by atoms with Gasteiger partial charge in [-0.05, 0) is 74.3 Å². The molecule has 1 saturated heterocycles. The maximum atomic E-state index is 14.7. The predicted molar refractivity (Wildman–Crippen MR) is 154 cm³/mol. The summed E-state index contributed by atoms with van der Waals surface area (Å²) in [7, 11) is 2.31. The average molecular weight is 551 g/mol. The minimum absolute atomic E-state index is 0.0495. The van der Waals surface area contributed by atoms with Gasteiger partial charge in [0.2, 0.25) is 0 Å². The lowest BCUT2D eigenvalue weighted by molar-refractivity contribution is 0.0398. The second kappa shape index (κ2) is 11.4. The van der Waals surface area contributed by atoms with Crippen molar-refractivity contribution in [2.24, 2.45) is 0 Å². The molecule has 3 aromatic carbocycles. The summed E-state index contributed by atoms with van der Waals surface area (Å²) in [6.45, 7) is 5.33. The first kappa shape index (κ1) is 26.5. The first-order chi connectivity index (χ1) is 18.3. The van der Waals surface area contributed by atoms with Crippen molar-refractivity contribution in [2.75, 3.05) is 24.4 Å². The fourth-order valence-corrected chi connectivity index (χ4v) is 5.94. The Bertz CT molecular complexity index is 1460. The largest absolute Gasteiger partial charge is 0.333 e. The van der Waals surface area contributed by atoms with Crippen LogP contribution < -0.4 is 10.0 Å². The molecule has 9 heteroatoms. The van der Waals surface area contributed by atoms with Crippen molar-refractivity contribution < 1.29 is 13.6 Å². The first-order valence-electron chi connectivity index (χ1n) is 12.5. The summed E-state index contributed by atoms with van der Waals surface area (Å²) in [4.78, 5) is 22.7. The highest BCUT2D eigenvalue weighted by molar-refractivity contribution is 8.00. The standard InChI is InChI=1S/C29H29F2N4OPS/c1-18-17-34(19(2)26-23(30)12-13-24(37)27(26)31)15-16-35(18)29(36)21-8-10-22(11-9-21)33-38-25-7-3-5-20-6-4-14-32-28(20)25/h3-14,18-19,33H,15-17,37H2,1-2H3/t18-,19?/m0/s1. The molecular weight excluding hydrogens is 521 g/mol. The number of para-hydroxylation sites is 1. The third-order valence-electron chi connectivity index (χ3n) is 7.05. The number of piperazine rings is 1. The zero-order chi connectivity index (χ0) is 26.8. The Balaban J connectivity index is 1.21. The molecule has 1 fully saturated rings. The number of amides is 1. The molecule has 1 aliphatic heterocycles. The van der Waals surface area contributed by atoms with Crippen molar-refractivity contribution >= 4 is 49.0 Å². The molecule has 0 aliphatic carbocycles. The van der Waals surface area contributed by atoms with Gasteiger partial charge in [-0.2, -0.15) is 0 Å². The van der Waals surface area contributed by atoms with Gasteiger partial charge in [0.05, 0.1) is 10.4 Å². The molecule has 5 nitrogen and oxygen atoms in total. The van der Waals surface area contributed by atoms with Gasteiger partial charge in [-0.1, -0.05) is 18.2 Å². The molecule has 2 unspecified atom stereocenters. The van der Waals surface area contributed by atoms with Crippen LogP contribution in [0.3, 0.4) is 0 Å². The lowest BCUT2D eigenvalue weighted by Gasteiger charge is -2.42. The Kier molecular flexibility index (Phi) is 7.93. The molecule has 1 N–H and O–H groups in total. The number of anilines is 1. The van der Waals surface area contributed by atoms with E-state index in [0.717, 1.165) is 21.5 Å². The Morgan fingerprint density at radius 1 is 1.08 bits per heavy atom. The van der Waals surface area contributed by atoms with Crippen molar-refractivity contribution in [2.45, 2.75) is 30.8 Å².